The fourth-order valence-electron chi connectivity index (χ4n) is 2.83. The molecule has 0 aliphatic rings. The summed E-state index contributed by atoms with van der Waals surface area (Å²) in [5.74, 6) is 4.52. The Kier molecular flexibility index (Phi) is 8.44. The smallest absolute Gasteiger partial charge is 0.191 e. The van der Waals surface area contributed by atoms with Crippen LogP contribution in [0, 0.1) is 5.92 Å². The summed E-state index contributed by atoms with van der Waals surface area (Å²) < 4.78 is 19.3. The van der Waals surface area contributed by atoms with Crippen LogP contribution in [0.3, 0.4) is 0 Å². The van der Waals surface area contributed by atoms with Crippen LogP contribution in [0.5, 0.6) is 17.2 Å². The van der Waals surface area contributed by atoms with Gasteiger partial charge in [-0.1, -0.05) is 55.9 Å². The second-order valence-electron chi connectivity index (χ2n) is 7.18. The molecule has 30 heavy (non-hydrogen) atoms. The fourth-order valence-corrected chi connectivity index (χ4v) is 3.63. The van der Waals surface area contributed by atoms with Crippen LogP contribution < -0.4 is 14.2 Å². The number of ether oxygens (including phenoxy) is 3. The number of thioether (sulfide) groups is 1. The van der Waals surface area contributed by atoms with Gasteiger partial charge in [0.15, 0.2) is 22.5 Å². The van der Waals surface area contributed by atoms with Crippen LogP contribution >= 0.6 is 11.8 Å². The molecule has 1 aromatic heterocycles. The van der Waals surface area contributed by atoms with E-state index in [1.807, 2.05) is 54.6 Å². The maximum Gasteiger partial charge on any atom is 0.191 e. The van der Waals surface area contributed by atoms with Crippen molar-refractivity contribution in [2.75, 3.05) is 19.5 Å². The zero-order chi connectivity index (χ0) is 21.2. The summed E-state index contributed by atoms with van der Waals surface area (Å²) in [6.07, 6.45) is 1.06. The van der Waals surface area contributed by atoms with E-state index in [1.54, 1.807) is 18.9 Å². The Morgan fingerprint density at radius 1 is 0.933 bits per heavy atom. The molecule has 6 nitrogen and oxygen atoms in total. The van der Waals surface area contributed by atoms with Gasteiger partial charge in [0.1, 0.15) is 12.4 Å². The fraction of sp³-hybridized carbons (Fsp3) is 0.391. The van der Waals surface area contributed by atoms with E-state index < -0.39 is 0 Å². The SMILES string of the molecule is COc1ccccc1OCCSc1nnc(COc2ccccc2)n1CCC(C)C. The summed E-state index contributed by atoms with van der Waals surface area (Å²) in [6, 6.07) is 17.4. The minimum absolute atomic E-state index is 0.396. The van der Waals surface area contributed by atoms with E-state index in [9.17, 15) is 0 Å². The first-order valence-corrected chi connectivity index (χ1v) is 11.1. The molecule has 0 saturated heterocycles. The summed E-state index contributed by atoms with van der Waals surface area (Å²) in [5.41, 5.74) is 0. The van der Waals surface area contributed by atoms with Gasteiger partial charge in [-0.15, -0.1) is 10.2 Å². The van der Waals surface area contributed by atoms with E-state index in [4.69, 9.17) is 14.2 Å². The molecular formula is C23H29N3O3S. The molecule has 160 valence electrons. The third-order valence-electron chi connectivity index (χ3n) is 4.48. The first-order valence-electron chi connectivity index (χ1n) is 10.2. The maximum absolute atomic E-state index is 5.89. The second kappa shape index (κ2) is 11.5. The molecule has 3 rings (SSSR count). The van der Waals surface area contributed by atoms with Crippen LogP contribution in [0.2, 0.25) is 0 Å². The summed E-state index contributed by atoms with van der Waals surface area (Å²) in [4.78, 5) is 0. The highest BCUT2D eigenvalue weighted by Crippen LogP contribution is 2.26. The largest absolute Gasteiger partial charge is 0.493 e. The van der Waals surface area contributed by atoms with Crippen molar-refractivity contribution in [3.05, 3.63) is 60.4 Å². The van der Waals surface area contributed by atoms with E-state index in [-0.39, 0.29) is 0 Å². The van der Waals surface area contributed by atoms with Crippen LogP contribution in [-0.4, -0.2) is 34.2 Å². The molecule has 0 N–H and O–H groups in total. The van der Waals surface area contributed by atoms with Crippen molar-refractivity contribution < 1.29 is 14.2 Å². The minimum atomic E-state index is 0.396. The van der Waals surface area contributed by atoms with Crippen molar-refractivity contribution in [3.8, 4) is 17.2 Å². The highest BCUT2D eigenvalue weighted by Gasteiger charge is 2.14. The van der Waals surface area contributed by atoms with Crippen LogP contribution in [0.4, 0.5) is 0 Å². The molecule has 0 fully saturated rings. The molecule has 0 bridgehead atoms. The summed E-state index contributed by atoms with van der Waals surface area (Å²) in [7, 11) is 1.65. The van der Waals surface area contributed by atoms with Crippen molar-refractivity contribution in [3.63, 3.8) is 0 Å². The van der Waals surface area contributed by atoms with Gasteiger partial charge in [-0.25, -0.2) is 0 Å². The van der Waals surface area contributed by atoms with E-state index >= 15 is 0 Å². The van der Waals surface area contributed by atoms with Crippen LogP contribution in [-0.2, 0) is 13.2 Å². The molecule has 0 aliphatic heterocycles. The number of rotatable bonds is 12. The van der Waals surface area contributed by atoms with Crippen LogP contribution in [0.1, 0.15) is 26.1 Å². The average Bonchev–Trinajstić information content (AvgIpc) is 3.16. The van der Waals surface area contributed by atoms with Crippen molar-refractivity contribution >= 4 is 11.8 Å². The van der Waals surface area contributed by atoms with E-state index in [1.165, 1.54) is 0 Å². The normalized spacial score (nSPS) is 10.9. The molecule has 0 spiro atoms. The predicted molar refractivity (Wildman–Crippen MR) is 119 cm³/mol. The lowest BCUT2D eigenvalue weighted by Crippen LogP contribution is -2.11. The quantitative estimate of drug-likeness (QED) is 0.297. The van der Waals surface area contributed by atoms with Crippen molar-refractivity contribution in [1.82, 2.24) is 14.8 Å². The minimum Gasteiger partial charge on any atom is -0.493 e. The van der Waals surface area contributed by atoms with Crippen molar-refractivity contribution in [2.45, 2.75) is 38.6 Å². The van der Waals surface area contributed by atoms with E-state index in [0.717, 1.165) is 46.9 Å². The third-order valence-corrected chi connectivity index (χ3v) is 5.41. The first-order chi connectivity index (χ1) is 14.7. The summed E-state index contributed by atoms with van der Waals surface area (Å²) >= 11 is 1.64. The number of hydrogen-bond donors (Lipinski definition) is 0. The molecule has 0 aliphatic carbocycles. The Morgan fingerprint density at radius 2 is 1.67 bits per heavy atom. The maximum atomic E-state index is 5.89. The summed E-state index contributed by atoms with van der Waals surface area (Å²) in [5, 5.41) is 9.67. The Bertz CT molecular complexity index is 900. The molecule has 0 radical (unpaired) electrons. The Labute approximate surface area is 182 Å². The molecule has 2 aromatic carbocycles. The number of methoxy groups -OCH3 is 1. The van der Waals surface area contributed by atoms with Gasteiger partial charge in [0.05, 0.1) is 13.7 Å². The first kappa shape index (κ1) is 22.0. The van der Waals surface area contributed by atoms with Gasteiger partial charge in [-0.3, -0.25) is 0 Å². The van der Waals surface area contributed by atoms with Crippen molar-refractivity contribution in [2.24, 2.45) is 5.92 Å². The lowest BCUT2D eigenvalue weighted by atomic mass is 10.1. The predicted octanol–water partition coefficient (Wildman–Crippen LogP) is 5.08. The van der Waals surface area contributed by atoms with Gasteiger partial charge in [0, 0.05) is 12.3 Å². The van der Waals surface area contributed by atoms with E-state index in [2.05, 4.69) is 28.6 Å². The average molecular weight is 428 g/mol. The molecular weight excluding hydrogens is 398 g/mol. The number of hydrogen-bond acceptors (Lipinski definition) is 6. The lowest BCUT2D eigenvalue weighted by Gasteiger charge is -2.13. The lowest BCUT2D eigenvalue weighted by molar-refractivity contribution is 0.285. The van der Waals surface area contributed by atoms with Crippen LogP contribution in [0.25, 0.3) is 0 Å². The van der Waals surface area contributed by atoms with E-state index in [0.29, 0.717) is 19.1 Å². The Hall–Kier alpha value is -2.67. The van der Waals surface area contributed by atoms with Gasteiger partial charge in [-0.2, -0.15) is 0 Å². The van der Waals surface area contributed by atoms with Gasteiger partial charge in [0.25, 0.3) is 0 Å². The molecule has 0 saturated carbocycles. The van der Waals surface area contributed by atoms with Gasteiger partial charge in [0.2, 0.25) is 0 Å². The number of aromatic nitrogens is 3. The van der Waals surface area contributed by atoms with Crippen LogP contribution in [0.15, 0.2) is 59.8 Å². The monoisotopic (exact) mass is 427 g/mol. The topological polar surface area (TPSA) is 58.4 Å². The molecule has 0 amide bonds. The van der Waals surface area contributed by atoms with Gasteiger partial charge < -0.3 is 18.8 Å². The Balaban J connectivity index is 1.59. The molecule has 1 heterocycles. The zero-order valence-electron chi connectivity index (χ0n) is 17.8. The van der Waals surface area contributed by atoms with Gasteiger partial charge in [-0.05, 0) is 36.6 Å². The molecule has 0 atom stereocenters. The summed E-state index contributed by atoms with van der Waals surface area (Å²) in [6.45, 7) is 6.26. The molecule has 7 heteroatoms. The number of benzene rings is 2. The number of nitrogens with zero attached hydrogens (tertiary/aromatic N) is 3. The standard InChI is InChI=1S/C23H29N3O3S/c1-18(2)13-14-26-22(17-29-19-9-5-4-6-10-19)24-25-23(26)30-16-15-28-21-12-8-7-11-20(21)27-3/h4-12,18H,13-17H2,1-3H3. The van der Waals surface area contributed by atoms with Gasteiger partial charge >= 0.3 is 0 Å². The Morgan fingerprint density at radius 3 is 2.40 bits per heavy atom. The zero-order valence-corrected chi connectivity index (χ0v) is 18.6. The second-order valence-corrected chi connectivity index (χ2v) is 8.24. The number of para-hydroxylation sites is 3. The molecule has 0 unspecified atom stereocenters. The van der Waals surface area contributed by atoms with Crippen molar-refractivity contribution in [1.29, 1.82) is 0 Å². The molecule has 3 aromatic rings. The highest BCUT2D eigenvalue weighted by molar-refractivity contribution is 7.99. The third kappa shape index (κ3) is 6.42. The highest BCUT2D eigenvalue weighted by atomic mass is 32.2.